The summed E-state index contributed by atoms with van der Waals surface area (Å²) in [6.07, 6.45) is -2.30. The Morgan fingerprint density at radius 3 is 2.36 bits per heavy atom. The van der Waals surface area contributed by atoms with E-state index >= 15 is 0 Å². The van der Waals surface area contributed by atoms with Crippen molar-refractivity contribution >= 4 is 17.3 Å². The lowest BCUT2D eigenvalue weighted by Gasteiger charge is -2.10. The van der Waals surface area contributed by atoms with Crippen LogP contribution in [0.5, 0.6) is 17.2 Å². The second kappa shape index (κ2) is 9.07. The van der Waals surface area contributed by atoms with Gasteiger partial charge in [0.25, 0.3) is 0 Å². The highest BCUT2D eigenvalue weighted by molar-refractivity contribution is 5.76. The van der Waals surface area contributed by atoms with Gasteiger partial charge in [-0.15, -0.1) is 13.2 Å². The second-order valence-corrected chi connectivity index (χ2v) is 6.74. The first-order valence-corrected chi connectivity index (χ1v) is 9.61. The van der Waals surface area contributed by atoms with E-state index in [1.54, 1.807) is 29.1 Å². The molecule has 0 atom stereocenters. The molecule has 0 aliphatic rings. The lowest BCUT2D eigenvalue weighted by molar-refractivity contribution is -0.274. The monoisotopic (exact) mass is 458 g/mol. The summed E-state index contributed by atoms with van der Waals surface area (Å²) in [5.74, 6) is 0.561. The number of halogens is 3. The summed E-state index contributed by atoms with van der Waals surface area (Å²) in [6.45, 7) is 0.176. The van der Waals surface area contributed by atoms with Gasteiger partial charge in [-0.05, 0) is 42.0 Å². The van der Waals surface area contributed by atoms with Crippen LogP contribution in [0.1, 0.15) is 5.56 Å². The van der Waals surface area contributed by atoms with Crippen molar-refractivity contribution in [2.24, 2.45) is 0 Å². The number of rotatable bonds is 6. The maximum absolute atomic E-state index is 12.2. The van der Waals surface area contributed by atoms with Gasteiger partial charge in [-0.25, -0.2) is 14.8 Å². The zero-order valence-corrected chi connectivity index (χ0v) is 17.2. The van der Waals surface area contributed by atoms with Gasteiger partial charge in [0.2, 0.25) is 0 Å². The maximum Gasteiger partial charge on any atom is 0.573 e. The Labute approximate surface area is 185 Å². The minimum atomic E-state index is -4.72. The van der Waals surface area contributed by atoms with Crippen molar-refractivity contribution in [1.82, 2.24) is 19.9 Å². The van der Waals surface area contributed by atoms with Gasteiger partial charge in [-0.1, -0.05) is 12.1 Å². The van der Waals surface area contributed by atoms with Crippen molar-refractivity contribution < 1.29 is 32.2 Å². The molecule has 8 nitrogen and oxygen atoms in total. The number of carbonyl (C=O) groups is 1. The smallest absolute Gasteiger partial charge is 0.489 e. The molecule has 4 aromatic rings. The van der Waals surface area contributed by atoms with Crippen molar-refractivity contribution in [2.75, 3.05) is 7.05 Å². The molecule has 1 amide bonds. The number of imidazole rings is 1. The van der Waals surface area contributed by atoms with Gasteiger partial charge < -0.3 is 19.5 Å². The first-order valence-electron chi connectivity index (χ1n) is 9.61. The van der Waals surface area contributed by atoms with Gasteiger partial charge in [-0.2, -0.15) is 0 Å². The summed E-state index contributed by atoms with van der Waals surface area (Å²) in [5, 5.41) is 2.36. The quantitative estimate of drug-likeness (QED) is 0.454. The van der Waals surface area contributed by atoms with Crippen LogP contribution in [0, 0.1) is 0 Å². The number of hydrogen-bond acceptors (Lipinski definition) is 6. The summed E-state index contributed by atoms with van der Waals surface area (Å²) in [5.41, 5.74) is 2.60. The highest BCUT2D eigenvalue weighted by Gasteiger charge is 2.30. The molecule has 2 aromatic carbocycles. The fourth-order valence-corrected chi connectivity index (χ4v) is 2.94. The normalized spacial score (nSPS) is 11.3. The van der Waals surface area contributed by atoms with Crippen LogP contribution < -0.4 is 19.5 Å². The molecule has 2 aromatic heterocycles. The molecule has 170 valence electrons. The number of aromatic nitrogens is 3. The van der Waals surface area contributed by atoms with Gasteiger partial charge in [0.15, 0.2) is 11.4 Å². The molecule has 0 bridgehead atoms. The molecule has 0 fully saturated rings. The number of carbonyl (C=O) groups excluding carboxylic acids is 1. The van der Waals surface area contributed by atoms with Crippen LogP contribution in [0.25, 0.3) is 16.9 Å². The summed E-state index contributed by atoms with van der Waals surface area (Å²) in [6, 6.07) is 14.2. The maximum atomic E-state index is 12.2. The van der Waals surface area contributed by atoms with Gasteiger partial charge in [0.1, 0.15) is 29.9 Å². The number of pyridine rings is 1. The Bertz CT molecular complexity index is 1260. The third-order valence-corrected chi connectivity index (χ3v) is 4.45. The molecule has 2 heterocycles. The van der Waals surface area contributed by atoms with E-state index in [1.807, 2.05) is 12.1 Å². The van der Waals surface area contributed by atoms with Crippen molar-refractivity contribution in [3.8, 4) is 22.9 Å². The Morgan fingerprint density at radius 2 is 1.70 bits per heavy atom. The Balaban J connectivity index is 1.41. The van der Waals surface area contributed by atoms with E-state index in [1.165, 1.54) is 37.5 Å². The zero-order chi connectivity index (χ0) is 23.4. The SMILES string of the molecule is CNC(=O)Oc1cnc2c(c1)ncn2-c1ccc(OCc2ccc(OC(F)(F)F)cc2)cc1. The predicted octanol–water partition coefficient (Wildman–Crippen LogP) is 4.62. The summed E-state index contributed by atoms with van der Waals surface area (Å²) < 4.78 is 53.1. The number of alkyl halides is 3. The van der Waals surface area contributed by atoms with E-state index < -0.39 is 12.5 Å². The predicted molar refractivity (Wildman–Crippen MR) is 111 cm³/mol. The van der Waals surface area contributed by atoms with Crippen molar-refractivity contribution in [3.05, 3.63) is 72.7 Å². The van der Waals surface area contributed by atoms with Crippen LogP contribution in [-0.4, -0.2) is 34.0 Å². The molecule has 0 aliphatic heterocycles. The van der Waals surface area contributed by atoms with E-state index in [0.29, 0.717) is 22.5 Å². The minimum absolute atomic E-state index is 0.176. The number of benzene rings is 2. The summed E-state index contributed by atoms with van der Waals surface area (Å²) >= 11 is 0. The van der Waals surface area contributed by atoms with Crippen LogP contribution in [-0.2, 0) is 6.61 Å². The minimum Gasteiger partial charge on any atom is -0.489 e. The van der Waals surface area contributed by atoms with E-state index in [-0.39, 0.29) is 18.1 Å². The standard InChI is InChI=1S/C22H17F3N4O4/c1-26-21(30)32-18-10-19-20(27-11-18)29(13-28-19)15-4-8-16(9-5-15)31-12-14-2-6-17(7-3-14)33-22(23,24)25/h2-11,13H,12H2,1H3,(H,26,30). The largest absolute Gasteiger partial charge is 0.573 e. The van der Waals surface area contributed by atoms with Crippen molar-refractivity contribution in [3.63, 3.8) is 0 Å². The lowest BCUT2D eigenvalue weighted by atomic mass is 10.2. The van der Waals surface area contributed by atoms with E-state index in [4.69, 9.17) is 9.47 Å². The number of fused-ring (bicyclic) bond motifs is 1. The average molecular weight is 458 g/mol. The number of ether oxygens (including phenoxy) is 3. The number of nitrogens with zero attached hydrogens (tertiary/aromatic N) is 3. The molecule has 0 spiro atoms. The topological polar surface area (TPSA) is 87.5 Å². The molecule has 0 saturated heterocycles. The fourth-order valence-electron chi connectivity index (χ4n) is 2.94. The molecule has 1 N–H and O–H groups in total. The number of nitrogens with one attached hydrogen (secondary N) is 1. The molecule has 11 heteroatoms. The van der Waals surface area contributed by atoms with Gasteiger partial charge >= 0.3 is 12.5 Å². The molecule has 0 aliphatic carbocycles. The van der Waals surface area contributed by atoms with Gasteiger partial charge in [-0.3, -0.25) is 4.57 Å². The molecule has 0 radical (unpaired) electrons. The highest BCUT2D eigenvalue weighted by Crippen LogP contribution is 2.24. The molecular formula is C22H17F3N4O4. The Kier molecular flexibility index (Phi) is 6.03. The van der Waals surface area contributed by atoms with Crippen LogP contribution >= 0.6 is 0 Å². The van der Waals surface area contributed by atoms with Crippen LogP contribution in [0.2, 0.25) is 0 Å². The molecule has 0 unspecified atom stereocenters. The number of amides is 1. The number of hydrogen-bond donors (Lipinski definition) is 1. The third-order valence-electron chi connectivity index (χ3n) is 4.45. The van der Waals surface area contributed by atoms with Gasteiger partial charge in [0.05, 0.1) is 6.20 Å². The fraction of sp³-hybridized carbons (Fsp3) is 0.136. The molecule has 33 heavy (non-hydrogen) atoms. The summed E-state index contributed by atoms with van der Waals surface area (Å²) in [7, 11) is 1.46. The lowest BCUT2D eigenvalue weighted by Crippen LogP contribution is -2.22. The van der Waals surface area contributed by atoms with Crippen molar-refractivity contribution in [1.29, 1.82) is 0 Å². The molecule has 0 saturated carbocycles. The van der Waals surface area contributed by atoms with E-state index in [2.05, 4.69) is 20.0 Å². The average Bonchev–Trinajstić information content (AvgIpc) is 3.21. The van der Waals surface area contributed by atoms with Crippen LogP contribution in [0.4, 0.5) is 18.0 Å². The molecular weight excluding hydrogens is 441 g/mol. The third kappa shape index (κ3) is 5.50. The Hall–Kier alpha value is -4.28. The Morgan fingerprint density at radius 1 is 1.00 bits per heavy atom. The zero-order valence-electron chi connectivity index (χ0n) is 17.2. The molecule has 4 rings (SSSR count). The van der Waals surface area contributed by atoms with Crippen molar-refractivity contribution in [2.45, 2.75) is 13.0 Å². The van der Waals surface area contributed by atoms with Crippen LogP contribution in [0.3, 0.4) is 0 Å². The van der Waals surface area contributed by atoms with Gasteiger partial charge in [0, 0.05) is 18.8 Å². The van der Waals surface area contributed by atoms with Crippen LogP contribution in [0.15, 0.2) is 67.1 Å². The highest BCUT2D eigenvalue weighted by atomic mass is 19.4. The summed E-state index contributed by atoms with van der Waals surface area (Å²) in [4.78, 5) is 19.9. The first kappa shape index (κ1) is 21.9. The first-order chi connectivity index (χ1) is 15.8. The van der Waals surface area contributed by atoms with E-state index in [0.717, 1.165) is 5.69 Å². The van der Waals surface area contributed by atoms with E-state index in [9.17, 15) is 18.0 Å². The second-order valence-electron chi connectivity index (χ2n) is 6.74.